The maximum Gasteiger partial charge on any atom is 0.213 e. The lowest BCUT2D eigenvalue weighted by Gasteiger charge is -2.03. The molecule has 0 aliphatic rings. The summed E-state index contributed by atoms with van der Waals surface area (Å²) in [5, 5.41) is 7.03. The van der Waals surface area contributed by atoms with Crippen molar-refractivity contribution in [3.63, 3.8) is 0 Å². The molecule has 10 heteroatoms. The number of nitrogens with two attached hydrogens (primary N) is 1. The molecule has 8 nitrogen and oxygen atoms in total. The van der Waals surface area contributed by atoms with E-state index in [1.807, 2.05) is 0 Å². The van der Waals surface area contributed by atoms with E-state index in [1.165, 1.54) is 6.39 Å². The number of hydrogen-bond donors (Lipinski definition) is 2. The van der Waals surface area contributed by atoms with E-state index >= 15 is 0 Å². The molecule has 2 heterocycles. The van der Waals surface area contributed by atoms with E-state index in [0.29, 0.717) is 23.8 Å². The van der Waals surface area contributed by atoms with Crippen molar-refractivity contribution in [1.82, 2.24) is 14.5 Å². The molecule has 0 amide bonds. The van der Waals surface area contributed by atoms with E-state index < -0.39 is 9.84 Å². The van der Waals surface area contributed by atoms with Crippen LogP contribution in [0.5, 0.6) is 0 Å². The molecule has 0 unspecified atom stereocenters. The van der Waals surface area contributed by atoms with Crippen LogP contribution in [-0.4, -0.2) is 35.7 Å². The monoisotopic (exact) mass is 289 g/mol. The van der Waals surface area contributed by atoms with Gasteiger partial charge in [-0.1, -0.05) is 5.16 Å². The summed E-state index contributed by atoms with van der Waals surface area (Å²) >= 11 is 1.01. The van der Waals surface area contributed by atoms with Crippen LogP contribution >= 0.6 is 11.5 Å². The van der Waals surface area contributed by atoms with E-state index in [4.69, 9.17) is 5.73 Å². The van der Waals surface area contributed by atoms with Crippen molar-refractivity contribution in [1.29, 1.82) is 0 Å². The molecular weight excluding hydrogens is 278 g/mol. The number of rotatable bonds is 5. The van der Waals surface area contributed by atoms with Gasteiger partial charge in [0.05, 0.1) is 0 Å². The number of nitrogen functional groups attached to an aromatic ring is 1. The Morgan fingerprint density at radius 2 is 2.33 bits per heavy atom. The van der Waals surface area contributed by atoms with Crippen molar-refractivity contribution in [2.75, 3.05) is 23.9 Å². The molecule has 2 rings (SSSR count). The molecule has 2 aromatic heterocycles. The molecule has 0 saturated carbocycles. The summed E-state index contributed by atoms with van der Waals surface area (Å²) in [6, 6.07) is 0. The normalized spacial score (nSPS) is 11.6. The Morgan fingerprint density at radius 3 is 2.94 bits per heavy atom. The molecular formula is C8H11N5O3S2. The van der Waals surface area contributed by atoms with Gasteiger partial charge in [0.2, 0.25) is 6.39 Å². The molecule has 0 atom stereocenters. The fraction of sp³-hybridized carbons (Fsp3) is 0.375. The highest BCUT2D eigenvalue weighted by Crippen LogP contribution is 2.30. The number of sulfone groups is 1. The van der Waals surface area contributed by atoms with E-state index in [-0.39, 0.29) is 10.7 Å². The number of nitrogens with one attached hydrogen (secondary N) is 1. The second-order valence-corrected chi connectivity index (χ2v) is 6.25. The lowest BCUT2D eigenvalue weighted by molar-refractivity contribution is 0.410. The summed E-state index contributed by atoms with van der Waals surface area (Å²) in [6.07, 6.45) is 2.84. The van der Waals surface area contributed by atoms with Gasteiger partial charge in [-0.05, 0) is 11.5 Å². The van der Waals surface area contributed by atoms with Crippen LogP contribution in [0.3, 0.4) is 0 Å². The molecule has 98 valence electrons. The Kier molecular flexibility index (Phi) is 3.48. The first-order valence-electron chi connectivity index (χ1n) is 4.93. The SMILES string of the molecule is CS(=O)(=O)c1c(N)nsc1NCCc1ncon1. The average Bonchev–Trinajstić information content (AvgIpc) is 2.87. The minimum absolute atomic E-state index is 0.0181. The van der Waals surface area contributed by atoms with E-state index in [9.17, 15) is 8.42 Å². The second-order valence-electron chi connectivity index (χ2n) is 3.52. The Balaban J connectivity index is 2.06. The number of aromatic nitrogens is 3. The summed E-state index contributed by atoms with van der Waals surface area (Å²) in [6.45, 7) is 0.462. The molecule has 0 saturated heterocycles. The van der Waals surface area contributed by atoms with Crippen LogP contribution in [0.4, 0.5) is 10.8 Å². The first kappa shape index (κ1) is 12.8. The van der Waals surface area contributed by atoms with E-state index in [2.05, 4.69) is 24.4 Å². The fourth-order valence-corrected chi connectivity index (χ4v) is 3.45. The largest absolute Gasteiger partial charge is 0.382 e. The maximum atomic E-state index is 11.5. The van der Waals surface area contributed by atoms with Crippen molar-refractivity contribution in [2.24, 2.45) is 0 Å². The van der Waals surface area contributed by atoms with Gasteiger partial charge in [-0.2, -0.15) is 9.36 Å². The van der Waals surface area contributed by atoms with Crippen LogP contribution in [0, 0.1) is 0 Å². The van der Waals surface area contributed by atoms with Gasteiger partial charge in [-0.25, -0.2) is 8.42 Å². The van der Waals surface area contributed by atoms with Crippen molar-refractivity contribution in [3.05, 3.63) is 12.2 Å². The maximum absolute atomic E-state index is 11.5. The van der Waals surface area contributed by atoms with Crippen LogP contribution in [0.2, 0.25) is 0 Å². The van der Waals surface area contributed by atoms with Crippen LogP contribution in [0.1, 0.15) is 5.82 Å². The van der Waals surface area contributed by atoms with Gasteiger partial charge in [0.25, 0.3) is 0 Å². The summed E-state index contributed by atoms with van der Waals surface area (Å²) in [4.78, 5) is 3.89. The zero-order chi connectivity index (χ0) is 13.2. The zero-order valence-electron chi connectivity index (χ0n) is 9.45. The summed E-state index contributed by atoms with van der Waals surface area (Å²) in [7, 11) is -3.39. The third kappa shape index (κ3) is 2.76. The standard InChI is InChI=1S/C8H11N5O3S2/c1-18(14,15)6-7(9)13-17-8(6)10-3-2-5-11-4-16-12-5/h4,10H,2-3H2,1H3,(H2,9,13). The highest BCUT2D eigenvalue weighted by Gasteiger charge is 2.20. The molecule has 0 fully saturated rings. The van der Waals surface area contributed by atoms with Gasteiger partial charge in [0.1, 0.15) is 9.90 Å². The molecule has 0 aliphatic carbocycles. The van der Waals surface area contributed by atoms with Gasteiger partial charge in [0, 0.05) is 19.2 Å². The molecule has 0 radical (unpaired) electrons. The summed E-state index contributed by atoms with van der Waals surface area (Å²) < 4.78 is 31.5. The number of anilines is 2. The smallest absolute Gasteiger partial charge is 0.213 e. The minimum Gasteiger partial charge on any atom is -0.382 e. The van der Waals surface area contributed by atoms with Crippen LogP contribution in [0.25, 0.3) is 0 Å². The van der Waals surface area contributed by atoms with E-state index in [0.717, 1.165) is 17.8 Å². The number of hydrogen-bond acceptors (Lipinski definition) is 9. The highest BCUT2D eigenvalue weighted by molar-refractivity contribution is 7.91. The average molecular weight is 289 g/mol. The Bertz CT molecular complexity index is 619. The van der Waals surface area contributed by atoms with Gasteiger partial charge >= 0.3 is 0 Å². The topological polar surface area (TPSA) is 124 Å². The summed E-state index contributed by atoms with van der Waals surface area (Å²) in [5.74, 6) is 0.561. The quantitative estimate of drug-likeness (QED) is 0.798. The Hall–Kier alpha value is -1.68. The lowest BCUT2D eigenvalue weighted by Crippen LogP contribution is -2.09. The van der Waals surface area contributed by atoms with Gasteiger partial charge < -0.3 is 15.6 Å². The third-order valence-electron chi connectivity index (χ3n) is 2.09. The predicted molar refractivity (Wildman–Crippen MR) is 66.1 cm³/mol. The zero-order valence-corrected chi connectivity index (χ0v) is 11.1. The Labute approximate surface area is 107 Å². The Morgan fingerprint density at radius 1 is 1.56 bits per heavy atom. The molecule has 2 aromatic rings. The molecule has 3 N–H and O–H groups in total. The predicted octanol–water partition coefficient (Wildman–Crippen LogP) is 0.166. The first-order chi connectivity index (χ1) is 8.48. The van der Waals surface area contributed by atoms with Crippen molar-refractivity contribution in [3.8, 4) is 0 Å². The molecule has 0 bridgehead atoms. The lowest BCUT2D eigenvalue weighted by atomic mass is 10.4. The van der Waals surface area contributed by atoms with Gasteiger partial charge in [-0.15, -0.1) is 0 Å². The first-order valence-corrected chi connectivity index (χ1v) is 7.59. The van der Waals surface area contributed by atoms with Gasteiger partial charge in [0.15, 0.2) is 21.5 Å². The summed E-state index contributed by atoms with van der Waals surface area (Å²) in [5.41, 5.74) is 5.53. The van der Waals surface area contributed by atoms with Crippen LogP contribution < -0.4 is 11.1 Å². The van der Waals surface area contributed by atoms with Crippen molar-refractivity contribution >= 4 is 32.2 Å². The van der Waals surface area contributed by atoms with E-state index in [1.54, 1.807) is 0 Å². The van der Waals surface area contributed by atoms with Crippen LogP contribution in [0.15, 0.2) is 15.8 Å². The third-order valence-corrected chi connectivity index (χ3v) is 4.19. The van der Waals surface area contributed by atoms with Gasteiger partial charge in [-0.3, -0.25) is 0 Å². The fourth-order valence-electron chi connectivity index (χ4n) is 1.36. The molecule has 0 aliphatic heterocycles. The molecule has 0 aromatic carbocycles. The van der Waals surface area contributed by atoms with Crippen molar-refractivity contribution < 1.29 is 12.9 Å². The second kappa shape index (κ2) is 4.90. The molecule has 18 heavy (non-hydrogen) atoms. The van der Waals surface area contributed by atoms with Crippen molar-refractivity contribution in [2.45, 2.75) is 11.3 Å². The molecule has 0 spiro atoms. The number of nitrogens with zero attached hydrogens (tertiary/aromatic N) is 3. The van der Waals surface area contributed by atoms with Crippen LogP contribution in [-0.2, 0) is 16.3 Å². The minimum atomic E-state index is -3.39. The highest BCUT2D eigenvalue weighted by atomic mass is 32.2.